The van der Waals surface area contributed by atoms with E-state index in [1.807, 2.05) is 11.5 Å². The zero-order valence-electron chi connectivity index (χ0n) is 10.8. The third kappa shape index (κ3) is 2.22. The van der Waals surface area contributed by atoms with Crippen LogP contribution in [-0.2, 0) is 17.8 Å². The molecule has 17 heavy (non-hydrogen) atoms. The predicted molar refractivity (Wildman–Crippen MR) is 67.4 cm³/mol. The summed E-state index contributed by atoms with van der Waals surface area (Å²) in [5, 5.41) is 0. The third-order valence-corrected chi connectivity index (χ3v) is 3.58. The fourth-order valence-corrected chi connectivity index (χ4v) is 2.88. The Bertz CT molecular complexity index is 459. The molecule has 0 spiro atoms. The van der Waals surface area contributed by atoms with Crippen molar-refractivity contribution in [3.63, 3.8) is 0 Å². The van der Waals surface area contributed by atoms with Crippen LogP contribution in [0.1, 0.15) is 43.3 Å². The molecule has 0 fully saturated rings. The average molecular weight is 235 g/mol. The van der Waals surface area contributed by atoms with Crippen LogP contribution >= 0.6 is 0 Å². The molecular weight excluding hydrogens is 214 g/mol. The first-order valence-electron chi connectivity index (χ1n) is 6.03. The molecule has 1 aliphatic rings. The van der Waals surface area contributed by atoms with Gasteiger partial charge in [0.1, 0.15) is 6.54 Å². The first-order chi connectivity index (χ1) is 7.80. The maximum absolute atomic E-state index is 11.1. The van der Waals surface area contributed by atoms with Gasteiger partial charge in [0.2, 0.25) is 5.91 Å². The highest BCUT2D eigenvalue weighted by Crippen LogP contribution is 2.40. The number of primary amides is 1. The minimum absolute atomic E-state index is 0.0709. The molecular formula is C13H21N3O. The SMILES string of the molecule is Cc1cc2c(n1CC(N)=O)CC(C)(C)CC2N. The Balaban J connectivity index is 2.47. The molecule has 0 radical (unpaired) electrons. The summed E-state index contributed by atoms with van der Waals surface area (Å²) < 4.78 is 2.01. The molecule has 0 bridgehead atoms. The Morgan fingerprint density at radius 3 is 2.82 bits per heavy atom. The lowest BCUT2D eigenvalue weighted by Crippen LogP contribution is -2.31. The molecule has 0 saturated carbocycles. The second-order valence-corrected chi connectivity index (χ2v) is 5.89. The summed E-state index contributed by atoms with van der Waals surface area (Å²) in [6.45, 7) is 6.68. The van der Waals surface area contributed by atoms with E-state index in [-0.39, 0.29) is 23.9 Å². The van der Waals surface area contributed by atoms with Gasteiger partial charge in [0.25, 0.3) is 0 Å². The zero-order chi connectivity index (χ0) is 12.8. The van der Waals surface area contributed by atoms with Gasteiger partial charge in [-0.15, -0.1) is 0 Å². The number of rotatable bonds is 2. The van der Waals surface area contributed by atoms with Crippen molar-refractivity contribution >= 4 is 5.91 Å². The Morgan fingerprint density at radius 1 is 1.59 bits per heavy atom. The van der Waals surface area contributed by atoms with Gasteiger partial charge in [0.05, 0.1) is 0 Å². The molecule has 1 aliphatic carbocycles. The lowest BCUT2D eigenvalue weighted by atomic mass is 9.74. The standard InChI is InChI=1S/C13H21N3O/c1-8-4-9-10(14)5-13(2,3)6-11(9)16(8)7-12(15)17/h4,10H,5-7,14H2,1-3H3,(H2,15,17). The van der Waals surface area contributed by atoms with Gasteiger partial charge >= 0.3 is 0 Å². The van der Waals surface area contributed by atoms with Crippen LogP contribution in [0.15, 0.2) is 6.07 Å². The number of amides is 1. The maximum Gasteiger partial charge on any atom is 0.237 e. The number of nitrogens with zero attached hydrogens (tertiary/aromatic N) is 1. The predicted octanol–water partition coefficient (Wildman–Crippen LogP) is 1.25. The van der Waals surface area contributed by atoms with Crippen molar-refractivity contribution in [1.29, 1.82) is 0 Å². The van der Waals surface area contributed by atoms with Crippen LogP contribution in [0.3, 0.4) is 0 Å². The van der Waals surface area contributed by atoms with E-state index in [1.54, 1.807) is 0 Å². The topological polar surface area (TPSA) is 74.0 Å². The van der Waals surface area contributed by atoms with Crippen molar-refractivity contribution in [3.05, 3.63) is 23.0 Å². The van der Waals surface area contributed by atoms with E-state index in [0.29, 0.717) is 0 Å². The maximum atomic E-state index is 11.1. The summed E-state index contributed by atoms with van der Waals surface area (Å²) >= 11 is 0. The van der Waals surface area contributed by atoms with E-state index in [0.717, 1.165) is 18.5 Å². The highest BCUT2D eigenvalue weighted by atomic mass is 16.1. The van der Waals surface area contributed by atoms with Gasteiger partial charge in [-0.1, -0.05) is 13.8 Å². The van der Waals surface area contributed by atoms with Gasteiger partial charge in [-0.2, -0.15) is 0 Å². The van der Waals surface area contributed by atoms with Crippen LogP contribution < -0.4 is 11.5 Å². The van der Waals surface area contributed by atoms with Crippen LogP contribution in [0.25, 0.3) is 0 Å². The van der Waals surface area contributed by atoms with E-state index in [1.165, 1.54) is 11.3 Å². The van der Waals surface area contributed by atoms with Crippen molar-refractivity contribution in [2.45, 2.75) is 46.2 Å². The van der Waals surface area contributed by atoms with E-state index in [9.17, 15) is 4.79 Å². The van der Waals surface area contributed by atoms with Crippen LogP contribution in [0, 0.1) is 12.3 Å². The molecule has 1 aromatic rings. The normalized spacial score (nSPS) is 22.2. The molecule has 1 atom stereocenters. The molecule has 0 aliphatic heterocycles. The van der Waals surface area contributed by atoms with E-state index < -0.39 is 0 Å². The smallest absolute Gasteiger partial charge is 0.237 e. The molecule has 4 nitrogen and oxygen atoms in total. The van der Waals surface area contributed by atoms with Crippen molar-refractivity contribution < 1.29 is 4.79 Å². The second-order valence-electron chi connectivity index (χ2n) is 5.89. The fourth-order valence-electron chi connectivity index (χ4n) is 2.88. The Labute approximate surface area is 102 Å². The van der Waals surface area contributed by atoms with Crippen molar-refractivity contribution in [2.75, 3.05) is 0 Å². The van der Waals surface area contributed by atoms with Crippen molar-refractivity contribution in [2.24, 2.45) is 16.9 Å². The Morgan fingerprint density at radius 2 is 2.24 bits per heavy atom. The first-order valence-corrected chi connectivity index (χ1v) is 6.03. The minimum Gasteiger partial charge on any atom is -0.368 e. The van der Waals surface area contributed by atoms with Crippen LogP contribution in [0.2, 0.25) is 0 Å². The summed E-state index contributed by atoms with van der Waals surface area (Å²) in [5.41, 5.74) is 15.1. The van der Waals surface area contributed by atoms with Crippen LogP contribution in [0.4, 0.5) is 0 Å². The molecule has 1 unspecified atom stereocenters. The largest absolute Gasteiger partial charge is 0.368 e. The van der Waals surface area contributed by atoms with Gasteiger partial charge < -0.3 is 16.0 Å². The lowest BCUT2D eigenvalue weighted by molar-refractivity contribution is -0.118. The van der Waals surface area contributed by atoms with Crippen LogP contribution in [0.5, 0.6) is 0 Å². The van der Waals surface area contributed by atoms with Gasteiger partial charge in [0, 0.05) is 17.4 Å². The van der Waals surface area contributed by atoms with Crippen molar-refractivity contribution in [1.82, 2.24) is 4.57 Å². The van der Waals surface area contributed by atoms with Gasteiger partial charge in [0.15, 0.2) is 0 Å². The number of aryl methyl sites for hydroxylation is 1. The van der Waals surface area contributed by atoms with Gasteiger partial charge in [-0.25, -0.2) is 0 Å². The van der Waals surface area contributed by atoms with Gasteiger partial charge in [-0.05, 0) is 36.8 Å². The lowest BCUT2D eigenvalue weighted by Gasteiger charge is -2.34. The van der Waals surface area contributed by atoms with Gasteiger partial charge in [-0.3, -0.25) is 4.79 Å². The minimum atomic E-state index is -0.302. The number of fused-ring (bicyclic) bond motifs is 1. The molecule has 94 valence electrons. The van der Waals surface area contributed by atoms with Crippen LogP contribution in [-0.4, -0.2) is 10.5 Å². The average Bonchev–Trinajstić information content (AvgIpc) is 2.43. The highest BCUT2D eigenvalue weighted by molar-refractivity contribution is 5.73. The molecule has 1 heterocycles. The summed E-state index contributed by atoms with van der Waals surface area (Å²) in [4.78, 5) is 11.1. The first kappa shape index (κ1) is 12.2. The Hall–Kier alpha value is -1.29. The summed E-state index contributed by atoms with van der Waals surface area (Å²) in [6, 6.07) is 2.17. The molecule has 1 amide bonds. The summed E-state index contributed by atoms with van der Waals surface area (Å²) in [5.74, 6) is -0.302. The van der Waals surface area contributed by atoms with E-state index in [2.05, 4.69) is 19.9 Å². The zero-order valence-corrected chi connectivity index (χ0v) is 10.8. The fraction of sp³-hybridized carbons (Fsp3) is 0.615. The van der Waals surface area contributed by atoms with E-state index >= 15 is 0 Å². The molecule has 4 N–H and O–H groups in total. The monoisotopic (exact) mass is 235 g/mol. The number of aromatic nitrogens is 1. The summed E-state index contributed by atoms with van der Waals surface area (Å²) in [7, 11) is 0. The number of carbonyl (C=O) groups is 1. The van der Waals surface area contributed by atoms with E-state index in [4.69, 9.17) is 11.5 Å². The third-order valence-electron chi connectivity index (χ3n) is 3.58. The summed E-state index contributed by atoms with van der Waals surface area (Å²) in [6.07, 6.45) is 1.94. The Kier molecular flexibility index (Phi) is 2.78. The molecule has 0 aromatic carbocycles. The molecule has 2 rings (SSSR count). The molecule has 1 aromatic heterocycles. The number of carbonyl (C=O) groups excluding carboxylic acids is 1. The van der Waals surface area contributed by atoms with Crippen molar-refractivity contribution in [3.8, 4) is 0 Å². The number of hydrogen-bond acceptors (Lipinski definition) is 2. The number of hydrogen-bond donors (Lipinski definition) is 2. The number of nitrogens with two attached hydrogens (primary N) is 2. The quantitative estimate of drug-likeness (QED) is 0.809. The second kappa shape index (κ2) is 3.88. The highest BCUT2D eigenvalue weighted by Gasteiger charge is 2.33. The molecule has 4 heteroatoms. The molecule has 0 saturated heterocycles.